The second kappa shape index (κ2) is 7.70. The molecule has 138 valence electrons. The number of likely N-dealkylation sites (tertiary alicyclic amines) is 1. The minimum absolute atomic E-state index is 0.0228. The normalized spacial score (nSPS) is 19.8. The number of carbonyl (C=O) groups excluding carboxylic acids is 2. The monoisotopic (exact) mass is 355 g/mol. The molecular weight excluding hydrogens is 330 g/mol. The summed E-state index contributed by atoms with van der Waals surface area (Å²) in [7, 11) is 0. The van der Waals surface area contributed by atoms with E-state index in [4.69, 9.17) is 5.73 Å². The molecule has 0 spiro atoms. The van der Waals surface area contributed by atoms with E-state index in [2.05, 4.69) is 10.3 Å². The number of amides is 2. The molecule has 3 rings (SSSR count). The average Bonchev–Trinajstić information content (AvgIpc) is 3.21. The first kappa shape index (κ1) is 18.1. The highest BCUT2D eigenvalue weighted by atomic mass is 16.2. The molecule has 2 aromatic rings. The van der Waals surface area contributed by atoms with Crippen LogP contribution in [0.1, 0.15) is 20.3 Å². The molecule has 1 fully saturated rings. The lowest BCUT2D eigenvalue weighted by Crippen LogP contribution is -2.48. The van der Waals surface area contributed by atoms with E-state index in [-0.39, 0.29) is 30.4 Å². The Kier molecular flexibility index (Phi) is 5.37. The first-order chi connectivity index (χ1) is 12.5. The van der Waals surface area contributed by atoms with Gasteiger partial charge in [-0.05, 0) is 20.3 Å². The summed E-state index contributed by atoms with van der Waals surface area (Å²) in [6, 6.07) is 9.04. The van der Waals surface area contributed by atoms with Crippen LogP contribution in [0.4, 0.5) is 0 Å². The van der Waals surface area contributed by atoms with Crippen molar-refractivity contribution in [3.05, 3.63) is 42.7 Å². The minimum atomic E-state index is -0.511. The van der Waals surface area contributed by atoms with Gasteiger partial charge in [-0.25, -0.2) is 4.98 Å². The van der Waals surface area contributed by atoms with E-state index in [1.54, 1.807) is 21.9 Å². The fraction of sp³-hybridized carbons (Fsp3) is 0.421. The fourth-order valence-electron chi connectivity index (χ4n) is 3.29. The molecule has 0 bridgehead atoms. The number of hydrogen-bond acceptors (Lipinski definition) is 4. The van der Waals surface area contributed by atoms with Gasteiger partial charge in [-0.1, -0.05) is 30.3 Å². The van der Waals surface area contributed by atoms with Gasteiger partial charge in [0, 0.05) is 36.6 Å². The lowest BCUT2D eigenvalue weighted by atomic mass is 10.1. The zero-order valence-corrected chi connectivity index (χ0v) is 15.1. The molecule has 1 saturated heterocycles. The van der Waals surface area contributed by atoms with E-state index >= 15 is 0 Å². The summed E-state index contributed by atoms with van der Waals surface area (Å²) in [6.45, 7) is 4.32. The molecule has 7 nitrogen and oxygen atoms in total. The highest BCUT2D eigenvalue weighted by molar-refractivity contribution is 5.88. The predicted octanol–water partition coefficient (Wildman–Crippen LogP) is 1.00. The Morgan fingerprint density at radius 2 is 2.04 bits per heavy atom. The minimum Gasteiger partial charge on any atom is -0.352 e. The number of carbonyl (C=O) groups is 2. The Morgan fingerprint density at radius 1 is 1.31 bits per heavy atom. The molecule has 3 N–H and O–H groups in total. The smallest absolute Gasteiger partial charge is 0.243 e. The van der Waals surface area contributed by atoms with Crippen molar-refractivity contribution >= 4 is 11.8 Å². The third-order valence-corrected chi connectivity index (χ3v) is 4.44. The molecule has 2 heterocycles. The lowest BCUT2D eigenvalue weighted by molar-refractivity contribution is -0.139. The van der Waals surface area contributed by atoms with E-state index < -0.39 is 6.04 Å². The summed E-state index contributed by atoms with van der Waals surface area (Å²) in [5.41, 5.74) is 6.97. The summed E-state index contributed by atoms with van der Waals surface area (Å²) < 4.78 is 1.80. The van der Waals surface area contributed by atoms with Gasteiger partial charge >= 0.3 is 0 Å². The van der Waals surface area contributed by atoms with Gasteiger partial charge in [0.15, 0.2) is 0 Å². The van der Waals surface area contributed by atoms with Gasteiger partial charge in [0.2, 0.25) is 11.8 Å². The Balaban J connectivity index is 1.75. The number of nitrogens with one attached hydrogen (secondary N) is 1. The number of nitrogens with two attached hydrogens (primary N) is 1. The SMILES string of the molecule is CC(C)NC(=O)[C@@H]1C[C@H](N)CN1C(=O)Cn1ccnc1-c1ccccc1. The molecule has 2 amide bonds. The van der Waals surface area contributed by atoms with E-state index in [0.717, 1.165) is 11.4 Å². The van der Waals surface area contributed by atoms with Crippen molar-refractivity contribution in [3.63, 3.8) is 0 Å². The van der Waals surface area contributed by atoms with Gasteiger partial charge < -0.3 is 20.5 Å². The number of benzene rings is 1. The molecule has 26 heavy (non-hydrogen) atoms. The first-order valence-corrected chi connectivity index (χ1v) is 8.87. The van der Waals surface area contributed by atoms with Gasteiger partial charge in [-0.2, -0.15) is 0 Å². The van der Waals surface area contributed by atoms with Crippen LogP contribution >= 0.6 is 0 Å². The van der Waals surface area contributed by atoms with Crippen molar-refractivity contribution in [1.29, 1.82) is 0 Å². The van der Waals surface area contributed by atoms with Crippen LogP contribution in [-0.4, -0.2) is 50.9 Å². The molecule has 0 unspecified atom stereocenters. The van der Waals surface area contributed by atoms with Crippen LogP contribution in [0.2, 0.25) is 0 Å². The van der Waals surface area contributed by atoms with E-state index in [0.29, 0.717) is 13.0 Å². The van der Waals surface area contributed by atoms with Gasteiger partial charge in [0.05, 0.1) is 0 Å². The molecule has 1 aromatic carbocycles. The van der Waals surface area contributed by atoms with Crippen LogP contribution in [0.5, 0.6) is 0 Å². The molecule has 0 saturated carbocycles. The Labute approximate surface area is 153 Å². The van der Waals surface area contributed by atoms with Gasteiger partial charge in [-0.3, -0.25) is 9.59 Å². The quantitative estimate of drug-likeness (QED) is 0.837. The third kappa shape index (κ3) is 3.94. The second-order valence-corrected chi connectivity index (χ2v) is 6.97. The van der Waals surface area contributed by atoms with Crippen LogP contribution < -0.4 is 11.1 Å². The Hall–Kier alpha value is -2.67. The van der Waals surface area contributed by atoms with Crippen molar-refractivity contribution < 1.29 is 9.59 Å². The van der Waals surface area contributed by atoms with Gasteiger partial charge in [0.25, 0.3) is 0 Å². The van der Waals surface area contributed by atoms with Crippen LogP contribution in [-0.2, 0) is 16.1 Å². The molecule has 0 radical (unpaired) electrons. The van der Waals surface area contributed by atoms with Gasteiger partial charge in [0.1, 0.15) is 18.4 Å². The fourth-order valence-corrected chi connectivity index (χ4v) is 3.29. The maximum Gasteiger partial charge on any atom is 0.243 e. The highest BCUT2D eigenvalue weighted by Gasteiger charge is 2.38. The van der Waals surface area contributed by atoms with Crippen LogP contribution in [0.3, 0.4) is 0 Å². The second-order valence-electron chi connectivity index (χ2n) is 6.97. The number of nitrogens with zero attached hydrogens (tertiary/aromatic N) is 3. The molecule has 2 atom stereocenters. The van der Waals surface area contributed by atoms with E-state index in [1.807, 2.05) is 44.2 Å². The zero-order chi connectivity index (χ0) is 18.7. The van der Waals surface area contributed by atoms with E-state index in [9.17, 15) is 9.59 Å². The van der Waals surface area contributed by atoms with E-state index in [1.165, 1.54) is 0 Å². The maximum absolute atomic E-state index is 12.9. The van der Waals surface area contributed by atoms with Crippen molar-refractivity contribution in [2.24, 2.45) is 5.73 Å². The van der Waals surface area contributed by atoms with Gasteiger partial charge in [-0.15, -0.1) is 0 Å². The summed E-state index contributed by atoms with van der Waals surface area (Å²) in [5, 5.41) is 2.88. The lowest BCUT2D eigenvalue weighted by Gasteiger charge is -2.25. The van der Waals surface area contributed by atoms with Crippen molar-refractivity contribution in [2.75, 3.05) is 6.54 Å². The number of hydrogen-bond donors (Lipinski definition) is 2. The first-order valence-electron chi connectivity index (χ1n) is 8.87. The Morgan fingerprint density at radius 3 is 2.73 bits per heavy atom. The number of rotatable bonds is 5. The Bertz CT molecular complexity index is 771. The molecule has 1 aromatic heterocycles. The maximum atomic E-state index is 12.9. The van der Waals surface area contributed by atoms with Crippen LogP contribution in [0.25, 0.3) is 11.4 Å². The number of aromatic nitrogens is 2. The highest BCUT2D eigenvalue weighted by Crippen LogP contribution is 2.20. The summed E-state index contributed by atoms with van der Waals surface area (Å²) >= 11 is 0. The molecular formula is C19H25N5O2. The third-order valence-electron chi connectivity index (χ3n) is 4.44. The van der Waals surface area contributed by atoms with Crippen LogP contribution in [0.15, 0.2) is 42.7 Å². The number of imidazole rings is 1. The summed E-state index contributed by atoms with van der Waals surface area (Å²) in [5.74, 6) is 0.456. The predicted molar refractivity (Wildman–Crippen MR) is 99.0 cm³/mol. The van der Waals surface area contributed by atoms with Crippen molar-refractivity contribution in [2.45, 2.75) is 44.9 Å². The standard InChI is InChI=1S/C19H25N5O2/c1-13(2)22-19(26)16-10-15(20)11-24(16)17(25)12-23-9-8-21-18(23)14-6-4-3-5-7-14/h3-9,13,15-16H,10-12,20H2,1-2H3,(H,22,26)/t15-,16-/m0/s1. The summed E-state index contributed by atoms with van der Waals surface area (Å²) in [6.07, 6.45) is 3.94. The van der Waals surface area contributed by atoms with Crippen LogP contribution in [0, 0.1) is 0 Å². The molecule has 1 aliphatic rings. The molecule has 0 aliphatic carbocycles. The molecule has 1 aliphatic heterocycles. The van der Waals surface area contributed by atoms with Crippen molar-refractivity contribution in [3.8, 4) is 11.4 Å². The zero-order valence-electron chi connectivity index (χ0n) is 15.1. The molecule has 7 heteroatoms. The average molecular weight is 355 g/mol. The largest absolute Gasteiger partial charge is 0.352 e. The van der Waals surface area contributed by atoms with Crippen molar-refractivity contribution in [1.82, 2.24) is 19.8 Å². The summed E-state index contributed by atoms with van der Waals surface area (Å²) in [4.78, 5) is 31.3. The topological polar surface area (TPSA) is 93.3 Å².